The van der Waals surface area contributed by atoms with E-state index >= 15 is 0 Å². The Labute approximate surface area is 186 Å². The molecule has 29 heavy (non-hydrogen) atoms. The Balaban J connectivity index is 2.91. The van der Waals surface area contributed by atoms with Crippen LogP contribution >= 0.6 is 55.1 Å². The van der Waals surface area contributed by atoms with Crippen LogP contribution in [-0.4, -0.2) is 25.8 Å². The second-order valence-corrected chi connectivity index (χ2v) is 10.1. The van der Waals surface area contributed by atoms with Crippen LogP contribution in [-0.2, 0) is 9.84 Å². The SMILES string of the molecule is O=S(=O)(c1cc(Br)cc(Br)c1-c1ccc(Cl)cc1Cl)C(F)(F)C(F)(F)C(F)(F)F. The van der Waals surface area contributed by atoms with E-state index in [4.69, 9.17) is 23.2 Å². The zero-order valence-corrected chi connectivity index (χ0v) is 18.8. The van der Waals surface area contributed by atoms with Gasteiger partial charge in [-0.1, -0.05) is 61.1 Å². The van der Waals surface area contributed by atoms with Crippen LogP contribution in [0.5, 0.6) is 0 Å². The average molecular weight is 613 g/mol. The van der Waals surface area contributed by atoms with Crippen molar-refractivity contribution in [2.75, 3.05) is 0 Å². The minimum atomic E-state index is -6.87. The first-order valence-corrected chi connectivity index (χ1v) is 10.8. The Morgan fingerprint density at radius 2 is 1.41 bits per heavy atom. The van der Waals surface area contributed by atoms with Crippen LogP contribution in [0.25, 0.3) is 11.1 Å². The van der Waals surface area contributed by atoms with Crippen molar-refractivity contribution in [3.05, 3.63) is 49.3 Å². The zero-order valence-electron chi connectivity index (χ0n) is 13.3. The molecule has 0 atom stereocenters. The monoisotopic (exact) mass is 610 g/mol. The highest BCUT2D eigenvalue weighted by atomic mass is 79.9. The van der Waals surface area contributed by atoms with Crippen LogP contribution in [0.1, 0.15) is 0 Å². The maximum Gasteiger partial charge on any atom is 0.461 e. The molecule has 0 fully saturated rings. The van der Waals surface area contributed by atoms with Crippen LogP contribution in [0, 0.1) is 0 Å². The lowest BCUT2D eigenvalue weighted by atomic mass is 10.1. The molecule has 160 valence electrons. The highest BCUT2D eigenvalue weighted by Crippen LogP contribution is 2.53. The second kappa shape index (κ2) is 7.85. The maximum atomic E-state index is 14.1. The van der Waals surface area contributed by atoms with Crippen LogP contribution in [0.2, 0.25) is 10.0 Å². The number of halogens is 11. The third-order valence-electron chi connectivity index (χ3n) is 3.57. The van der Waals surface area contributed by atoms with Crippen molar-refractivity contribution in [1.82, 2.24) is 0 Å². The lowest BCUT2D eigenvalue weighted by Gasteiger charge is -2.28. The Hall–Kier alpha value is -0.560. The molecule has 2 rings (SSSR count). The fourth-order valence-corrected chi connectivity index (χ4v) is 5.91. The predicted octanol–water partition coefficient (Wildman–Crippen LogP) is 7.75. The van der Waals surface area contributed by atoms with Crippen molar-refractivity contribution >= 4 is 64.9 Å². The summed E-state index contributed by atoms with van der Waals surface area (Å²) in [7, 11) is -6.58. The van der Waals surface area contributed by atoms with Gasteiger partial charge in [0.25, 0.3) is 9.84 Å². The van der Waals surface area contributed by atoms with Gasteiger partial charge in [-0.3, -0.25) is 0 Å². The van der Waals surface area contributed by atoms with Crippen molar-refractivity contribution in [3.8, 4) is 11.1 Å². The van der Waals surface area contributed by atoms with Crippen molar-refractivity contribution in [2.45, 2.75) is 22.2 Å². The lowest BCUT2D eigenvalue weighted by Crippen LogP contribution is -2.56. The molecule has 0 aromatic heterocycles. The van der Waals surface area contributed by atoms with E-state index in [9.17, 15) is 39.2 Å². The molecule has 0 amide bonds. The second-order valence-electron chi connectivity index (χ2n) is 5.48. The molecule has 0 aliphatic heterocycles. The summed E-state index contributed by atoms with van der Waals surface area (Å²) in [4.78, 5) is -1.50. The van der Waals surface area contributed by atoms with E-state index in [-0.39, 0.29) is 24.6 Å². The molecule has 0 N–H and O–H groups in total. The molecule has 14 heteroatoms. The quantitative estimate of drug-likeness (QED) is 0.331. The predicted molar refractivity (Wildman–Crippen MR) is 100 cm³/mol. The van der Waals surface area contributed by atoms with Gasteiger partial charge in [0.05, 0.1) is 4.90 Å². The summed E-state index contributed by atoms with van der Waals surface area (Å²) < 4.78 is 117. The van der Waals surface area contributed by atoms with E-state index in [0.717, 1.165) is 12.1 Å². The Kier molecular flexibility index (Phi) is 6.69. The minimum absolute atomic E-state index is 0.0744. The Morgan fingerprint density at radius 3 is 1.90 bits per heavy atom. The summed E-state index contributed by atoms with van der Waals surface area (Å²) in [5.41, 5.74) is -0.896. The van der Waals surface area contributed by atoms with Gasteiger partial charge >= 0.3 is 17.4 Å². The number of hydrogen-bond acceptors (Lipinski definition) is 2. The van der Waals surface area contributed by atoms with Gasteiger partial charge in [-0.05, 0) is 24.3 Å². The van der Waals surface area contributed by atoms with E-state index in [1.165, 1.54) is 12.1 Å². The highest BCUT2D eigenvalue weighted by molar-refractivity contribution is 9.11. The summed E-state index contributed by atoms with van der Waals surface area (Å²) in [5, 5.41) is -6.71. The molecular weight excluding hydrogens is 608 g/mol. The van der Waals surface area contributed by atoms with Crippen LogP contribution < -0.4 is 0 Å². The summed E-state index contributed by atoms with van der Waals surface area (Å²) >= 11 is 17.4. The average Bonchev–Trinajstić information content (AvgIpc) is 2.53. The molecule has 2 nitrogen and oxygen atoms in total. The number of rotatable bonds is 4. The van der Waals surface area contributed by atoms with Gasteiger partial charge in [0, 0.05) is 30.1 Å². The van der Waals surface area contributed by atoms with Gasteiger partial charge in [0.2, 0.25) is 0 Å². The van der Waals surface area contributed by atoms with Crippen molar-refractivity contribution in [2.24, 2.45) is 0 Å². The van der Waals surface area contributed by atoms with Crippen LogP contribution in [0.4, 0.5) is 30.7 Å². The first kappa shape index (κ1) is 24.7. The van der Waals surface area contributed by atoms with Crippen LogP contribution in [0.15, 0.2) is 44.2 Å². The number of sulfone groups is 1. The van der Waals surface area contributed by atoms with E-state index in [2.05, 4.69) is 31.9 Å². The van der Waals surface area contributed by atoms with Gasteiger partial charge < -0.3 is 0 Å². The first-order valence-electron chi connectivity index (χ1n) is 6.96. The third-order valence-corrected chi connectivity index (χ3v) is 7.03. The third kappa shape index (κ3) is 4.15. The van der Waals surface area contributed by atoms with E-state index in [0.29, 0.717) is 6.07 Å². The molecular formula is C15H5Br2Cl2F7O2S. The Bertz CT molecular complexity index is 1070. The molecule has 0 radical (unpaired) electrons. The number of benzene rings is 2. The Morgan fingerprint density at radius 1 is 0.862 bits per heavy atom. The molecule has 0 saturated carbocycles. The maximum absolute atomic E-state index is 14.1. The molecule has 2 aromatic rings. The standard InChI is InChI=1S/C15H5Br2Cl2F7O2S/c16-6-3-9(17)12(8-2-1-7(18)5-10(8)19)11(4-6)29(27,28)15(25,26)13(20,21)14(22,23)24/h1-5H. The molecule has 0 heterocycles. The van der Waals surface area contributed by atoms with E-state index < -0.39 is 37.6 Å². The van der Waals surface area contributed by atoms with Gasteiger partial charge in [0.1, 0.15) is 0 Å². The zero-order chi connectivity index (χ0) is 22.6. The smallest absolute Gasteiger partial charge is 0.217 e. The van der Waals surface area contributed by atoms with Gasteiger partial charge in [0.15, 0.2) is 0 Å². The van der Waals surface area contributed by atoms with Crippen molar-refractivity contribution in [1.29, 1.82) is 0 Å². The molecule has 0 spiro atoms. The number of hydrogen-bond donors (Lipinski definition) is 0. The summed E-state index contributed by atoms with van der Waals surface area (Å²) in [6, 6.07) is 5.03. The van der Waals surface area contributed by atoms with E-state index in [1.807, 2.05) is 0 Å². The van der Waals surface area contributed by atoms with Gasteiger partial charge in [-0.2, -0.15) is 30.7 Å². The van der Waals surface area contributed by atoms with E-state index in [1.54, 1.807) is 0 Å². The molecule has 0 saturated heterocycles. The number of alkyl halides is 7. The lowest BCUT2D eigenvalue weighted by molar-refractivity contribution is -0.332. The minimum Gasteiger partial charge on any atom is -0.217 e. The molecule has 0 bridgehead atoms. The van der Waals surface area contributed by atoms with Crippen molar-refractivity contribution in [3.63, 3.8) is 0 Å². The van der Waals surface area contributed by atoms with Crippen molar-refractivity contribution < 1.29 is 39.2 Å². The fraction of sp³-hybridized carbons (Fsp3) is 0.200. The molecule has 2 aromatic carbocycles. The summed E-state index contributed by atoms with van der Waals surface area (Å²) in [5.74, 6) is -6.87. The molecule has 0 aliphatic carbocycles. The molecule has 0 aliphatic rings. The van der Waals surface area contributed by atoms with Gasteiger partial charge in [-0.15, -0.1) is 0 Å². The van der Waals surface area contributed by atoms with Gasteiger partial charge in [-0.25, -0.2) is 8.42 Å². The fourth-order valence-electron chi connectivity index (χ4n) is 2.19. The summed E-state index contributed by atoms with van der Waals surface area (Å²) in [6.45, 7) is 0. The van der Waals surface area contributed by atoms with Crippen LogP contribution in [0.3, 0.4) is 0 Å². The normalized spacial score (nSPS) is 13.6. The highest BCUT2D eigenvalue weighted by Gasteiger charge is 2.78. The molecule has 0 unspecified atom stereocenters. The largest absolute Gasteiger partial charge is 0.461 e. The topological polar surface area (TPSA) is 34.1 Å². The first-order chi connectivity index (χ1) is 12.9. The summed E-state index contributed by atoms with van der Waals surface area (Å²) in [6.07, 6.45) is -6.83.